The van der Waals surface area contributed by atoms with Crippen molar-refractivity contribution in [2.45, 2.75) is 13.1 Å². The third kappa shape index (κ3) is 4.57. The van der Waals surface area contributed by atoms with E-state index in [-0.39, 0.29) is 23.2 Å². The summed E-state index contributed by atoms with van der Waals surface area (Å²) in [7, 11) is 0. The van der Waals surface area contributed by atoms with Crippen LogP contribution in [-0.4, -0.2) is 35.2 Å². The summed E-state index contributed by atoms with van der Waals surface area (Å²) in [5, 5.41) is 2.67. The van der Waals surface area contributed by atoms with Gasteiger partial charge < -0.3 is 10.1 Å². The number of rotatable bonds is 7. The summed E-state index contributed by atoms with van der Waals surface area (Å²) in [5.74, 6) is -2.06. The van der Waals surface area contributed by atoms with Gasteiger partial charge in [-0.15, -0.1) is 0 Å². The van der Waals surface area contributed by atoms with Crippen LogP contribution in [0.2, 0.25) is 0 Å². The summed E-state index contributed by atoms with van der Waals surface area (Å²) in [4.78, 5) is 50.9. The van der Waals surface area contributed by atoms with E-state index < -0.39 is 30.3 Å². The highest BCUT2D eigenvalue weighted by atomic mass is 16.5. The van der Waals surface area contributed by atoms with Gasteiger partial charge in [-0.1, -0.05) is 60.7 Å². The molecule has 32 heavy (non-hydrogen) atoms. The Morgan fingerprint density at radius 2 is 1.41 bits per heavy atom. The normalized spacial score (nSPS) is 12.4. The van der Waals surface area contributed by atoms with Gasteiger partial charge in [0.25, 0.3) is 17.7 Å². The SMILES string of the molecule is O=C(COC(=O)c1ccc2c(c1)C(=O)N(Cc1ccccc1)C2=O)NCc1ccccc1. The lowest BCUT2D eigenvalue weighted by Crippen LogP contribution is -2.29. The summed E-state index contributed by atoms with van der Waals surface area (Å²) in [6, 6.07) is 22.7. The van der Waals surface area contributed by atoms with Gasteiger partial charge >= 0.3 is 5.97 Å². The predicted octanol–water partition coefficient (Wildman–Crippen LogP) is 2.96. The molecule has 3 aromatic rings. The zero-order valence-corrected chi connectivity index (χ0v) is 17.1. The Morgan fingerprint density at radius 3 is 2.09 bits per heavy atom. The average molecular weight is 428 g/mol. The van der Waals surface area contributed by atoms with Gasteiger partial charge in [0.05, 0.1) is 23.2 Å². The van der Waals surface area contributed by atoms with E-state index in [4.69, 9.17) is 4.74 Å². The number of amides is 3. The van der Waals surface area contributed by atoms with Crippen LogP contribution in [-0.2, 0) is 22.6 Å². The van der Waals surface area contributed by atoms with E-state index in [0.717, 1.165) is 16.0 Å². The second-order valence-corrected chi connectivity index (χ2v) is 7.28. The Hall–Kier alpha value is -4.26. The highest BCUT2D eigenvalue weighted by Gasteiger charge is 2.36. The number of hydrogen-bond donors (Lipinski definition) is 1. The molecule has 7 heteroatoms. The van der Waals surface area contributed by atoms with Gasteiger partial charge in [0.2, 0.25) is 0 Å². The Balaban J connectivity index is 1.37. The standard InChI is InChI=1S/C25H20N2O5/c28-22(26-14-17-7-3-1-4-8-17)16-32-25(31)19-11-12-20-21(13-19)24(30)27(23(20)29)15-18-9-5-2-6-10-18/h1-13H,14-16H2,(H,26,28). The maximum Gasteiger partial charge on any atom is 0.338 e. The molecule has 0 atom stereocenters. The van der Waals surface area contributed by atoms with Gasteiger partial charge in [-0.3, -0.25) is 19.3 Å². The second-order valence-electron chi connectivity index (χ2n) is 7.28. The smallest absolute Gasteiger partial charge is 0.338 e. The van der Waals surface area contributed by atoms with Crippen LogP contribution < -0.4 is 5.32 Å². The van der Waals surface area contributed by atoms with E-state index in [2.05, 4.69) is 5.32 Å². The van der Waals surface area contributed by atoms with E-state index in [1.165, 1.54) is 18.2 Å². The van der Waals surface area contributed by atoms with Crippen LogP contribution in [0, 0.1) is 0 Å². The molecular formula is C25H20N2O5. The van der Waals surface area contributed by atoms with Gasteiger partial charge in [0.15, 0.2) is 6.61 Å². The molecule has 0 aliphatic carbocycles. The number of carbonyl (C=O) groups is 4. The third-order valence-electron chi connectivity index (χ3n) is 5.06. The molecular weight excluding hydrogens is 408 g/mol. The van der Waals surface area contributed by atoms with Crippen molar-refractivity contribution in [3.8, 4) is 0 Å². The molecule has 160 valence electrons. The molecule has 0 unspecified atom stereocenters. The van der Waals surface area contributed by atoms with E-state index in [9.17, 15) is 19.2 Å². The fraction of sp³-hybridized carbons (Fsp3) is 0.120. The average Bonchev–Trinajstić information content (AvgIpc) is 3.06. The van der Waals surface area contributed by atoms with Crippen LogP contribution in [0.4, 0.5) is 0 Å². The first kappa shape index (κ1) is 21.0. The molecule has 1 heterocycles. The lowest BCUT2D eigenvalue weighted by molar-refractivity contribution is -0.124. The van der Waals surface area contributed by atoms with Crippen LogP contribution in [0.25, 0.3) is 0 Å². The summed E-state index contributed by atoms with van der Waals surface area (Å²) >= 11 is 0. The molecule has 0 fully saturated rings. The van der Waals surface area contributed by atoms with Crippen molar-refractivity contribution in [1.29, 1.82) is 0 Å². The fourth-order valence-corrected chi connectivity index (χ4v) is 3.39. The third-order valence-corrected chi connectivity index (χ3v) is 5.06. The van der Waals surface area contributed by atoms with Crippen molar-refractivity contribution in [2.75, 3.05) is 6.61 Å². The Kier molecular flexibility index (Phi) is 6.07. The Bertz CT molecular complexity index is 1180. The molecule has 0 radical (unpaired) electrons. The lowest BCUT2D eigenvalue weighted by Gasteiger charge is -2.13. The summed E-state index contributed by atoms with van der Waals surface area (Å²) < 4.78 is 5.06. The van der Waals surface area contributed by atoms with Crippen LogP contribution in [0.3, 0.4) is 0 Å². The van der Waals surface area contributed by atoms with E-state index in [0.29, 0.717) is 6.54 Å². The molecule has 3 amide bonds. The van der Waals surface area contributed by atoms with E-state index >= 15 is 0 Å². The highest BCUT2D eigenvalue weighted by molar-refractivity contribution is 6.21. The van der Waals surface area contributed by atoms with Crippen LogP contribution in [0.15, 0.2) is 78.9 Å². The summed E-state index contributed by atoms with van der Waals surface area (Å²) in [6.07, 6.45) is 0. The molecule has 0 saturated heterocycles. The van der Waals surface area contributed by atoms with E-state index in [1.54, 1.807) is 0 Å². The molecule has 0 saturated carbocycles. The molecule has 4 rings (SSSR count). The Labute approximate surface area is 184 Å². The summed E-state index contributed by atoms with van der Waals surface area (Å²) in [5.41, 5.74) is 2.23. The lowest BCUT2D eigenvalue weighted by atomic mass is 10.1. The first-order valence-electron chi connectivity index (χ1n) is 10.0. The van der Waals surface area contributed by atoms with Crippen molar-refractivity contribution in [1.82, 2.24) is 10.2 Å². The van der Waals surface area contributed by atoms with Crippen LogP contribution >= 0.6 is 0 Å². The molecule has 1 aliphatic heterocycles. The first-order valence-corrected chi connectivity index (χ1v) is 10.0. The number of ether oxygens (including phenoxy) is 1. The number of esters is 1. The zero-order valence-electron chi connectivity index (χ0n) is 17.1. The van der Waals surface area contributed by atoms with Gasteiger partial charge in [-0.2, -0.15) is 0 Å². The minimum atomic E-state index is -0.746. The molecule has 0 aromatic heterocycles. The monoisotopic (exact) mass is 428 g/mol. The number of imide groups is 1. The Morgan fingerprint density at radius 1 is 0.781 bits per heavy atom. The topological polar surface area (TPSA) is 92.8 Å². The number of fused-ring (bicyclic) bond motifs is 1. The van der Waals surface area contributed by atoms with Gasteiger partial charge in [0, 0.05) is 6.54 Å². The molecule has 1 aliphatic rings. The van der Waals surface area contributed by atoms with Gasteiger partial charge in [0.1, 0.15) is 0 Å². The maximum absolute atomic E-state index is 12.8. The molecule has 0 bridgehead atoms. The predicted molar refractivity (Wildman–Crippen MR) is 116 cm³/mol. The summed E-state index contributed by atoms with van der Waals surface area (Å²) in [6.45, 7) is 0.0221. The zero-order chi connectivity index (χ0) is 22.5. The quantitative estimate of drug-likeness (QED) is 0.461. The van der Waals surface area contributed by atoms with Gasteiger partial charge in [-0.05, 0) is 29.3 Å². The fourth-order valence-electron chi connectivity index (χ4n) is 3.39. The van der Waals surface area contributed by atoms with Crippen molar-refractivity contribution < 1.29 is 23.9 Å². The van der Waals surface area contributed by atoms with Crippen molar-refractivity contribution in [2.24, 2.45) is 0 Å². The van der Waals surface area contributed by atoms with E-state index in [1.807, 2.05) is 60.7 Å². The molecule has 1 N–H and O–H groups in total. The van der Waals surface area contributed by atoms with Crippen molar-refractivity contribution in [3.05, 3.63) is 107 Å². The maximum atomic E-state index is 12.8. The second kappa shape index (κ2) is 9.26. The number of benzene rings is 3. The number of carbonyl (C=O) groups excluding carboxylic acids is 4. The number of nitrogens with one attached hydrogen (secondary N) is 1. The molecule has 0 spiro atoms. The minimum Gasteiger partial charge on any atom is -0.452 e. The van der Waals surface area contributed by atoms with Crippen LogP contribution in [0.5, 0.6) is 0 Å². The molecule has 7 nitrogen and oxygen atoms in total. The minimum absolute atomic E-state index is 0.0994. The number of hydrogen-bond acceptors (Lipinski definition) is 5. The van der Waals surface area contributed by atoms with Crippen molar-refractivity contribution in [3.63, 3.8) is 0 Å². The molecule has 3 aromatic carbocycles. The van der Waals surface area contributed by atoms with Crippen LogP contribution in [0.1, 0.15) is 42.2 Å². The van der Waals surface area contributed by atoms with Crippen molar-refractivity contribution >= 4 is 23.7 Å². The number of nitrogens with zero attached hydrogens (tertiary/aromatic N) is 1. The first-order chi connectivity index (χ1) is 15.5. The largest absolute Gasteiger partial charge is 0.452 e. The van der Waals surface area contributed by atoms with Gasteiger partial charge in [-0.25, -0.2) is 4.79 Å². The highest BCUT2D eigenvalue weighted by Crippen LogP contribution is 2.26.